The van der Waals surface area contributed by atoms with Crippen LogP contribution in [-0.2, 0) is 9.84 Å². The smallest absolute Gasteiger partial charge is 0.258 e. The van der Waals surface area contributed by atoms with Gasteiger partial charge >= 0.3 is 0 Å². The number of nitrogens with zero attached hydrogens (tertiary/aromatic N) is 2. The van der Waals surface area contributed by atoms with E-state index in [9.17, 15) is 8.42 Å². The summed E-state index contributed by atoms with van der Waals surface area (Å²) in [5.74, 6) is 0.411. The third-order valence-corrected chi connectivity index (χ3v) is 4.47. The molecule has 2 N–H and O–H groups in total. The second kappa shape index (κ2) is 4.65. The first-order valence-electron chi connectivity index (χ1n) is 5.68. The lowest BCUT2D eigenvalue weighted by Crippen LogP contribution is -2.09. The Labute approximate surface area is 111 Å². The molecule has 7 heteroatoms. The molecule has 0 bridgehead atoms. The van der Waals surface area contributed by atoms with Crippen molar-refractivity contribution in [3.63, 3.8) is 0 Å². The lowest BCUT2D eigenvalue weighted by molar-refractivity contribution is 0.422. The van der Waals surface area contributed by atoms with Crippen molar-refractivity contribution in [2.45, 2.75) is 19.1 Å². The van der Waals surface area contributed by atoms with Gasteiger partial charge in [-0.2, -0.15) is 4.98 Å². The monoisotopic (exact) mass is 281 g/mol. The van der Waals surface area contributed by atoms with E-state index in [-0.39, 0.29) is 11.7 Å². The van der Waals surface area contributed by atoms with Crippen LogP contribution in [0.5, 0.6) is 0 Å². The minimum absolute atomic E-state index is 0.150. The van der Waals surface area contributed by atoms with Crippen LogP contribution in [-0.4, -0.2) is 24.8 Å². The maximum Gasteiger partial charge on any atom is 0.258 e. The molecule has 0 amide bonds. The zero-order chi connectivity index (χ0) is 14.2. The van der Waals surface area contributed by atoms with Crippen molar-refractivity contribution < 1.29 is 12.9 Å². The number of hydrogen-bond donors (Lipinski definition) is 1. The number of sulfone groups is 1. The fourth-order valence-corrected chi connectivity index (χ4v) is 1.96. The van der Waals surface area contributed by atoms with Gasteiger partial charge < -0.3 is 10.3 Å². The summed E-state index contributed by atoms with van der Waals surface area (Å²) < 4.78 is 27.9. The summed E-state index contributed by atoms with van der Waals surface area (Å²) in [5.41, 5.74) is 8.05. The lowest BCUT2D eigenvalue weighted by atomic mass is 10.1. The van der Waals surface area contributed by atoms with Crippen LogP contribution in [0.15, 0.2) is 22.7 Å². The average Bonchev–Trinajstić information content (AvgIpc) is 2.79. The summed E-state index contributed by atoms with van der Waals surface area (Å²) in [6.45, 7) is 3.41. The van der Waals surface area contributed by atoms with E-state index in [0.29, 0.717) is 11.3 Å². The first kappa shape index (κ1) is 13.5. The summed E-state index contributed by atoms with van der Waals surface area (Å²) in [6.07, 6.45) is 1.14. The van der Waals surface area contributed by atoms with Crippen molar-refractivity contribution in [2.24, 2.45) is 0 Å². The average molecular weight is 281 g/mol. The van der Waals surface area contributed by atoms with E-state index in [4.69, 9.17) is 10.3 Å². The SMILES string of the molecule is Cc1ccc(-c2nc(C(C)S(C)(=O)=O)no2)cc1N. The molecule has 0 aliphatic heterocycles. The van der Waals surface area contributed by atoms with Gasteiger partial charge in [0.25, 0.3) is 5.89 Å². The molecule has 2 aromatic rings. The molecule has 102 valence electrons. The predicted molar refractivity (Wildman–Crippen MR) is 72.1 cm³/mol. The van der Waals surface area contributed by atoms with Crippen LogP contribution in [0.1, 0.15) is 23.6 Å². The van der Waals surface area contributed by atoms with Crippen LogP contribution in [0.4, 0.5) is 5.69 Å². The normalized spacial score (nSPS) is 13.4. The predicted octanol–water partition coefficient (Wildman–Crippen LogP) is 1.73. The van der Waals surface area contributed by atoms with Gasteiger partial charge in [0.15, 0.2) is 15.7 Å². The van der Waals surface area contributed by atoms with Crippen LogP contribution in [0.3, 0.4) is 0 Å². The number of rotatable bonds is 3. The number of aromatic nitrogens is 2. The highest BCUT2D eigenvalue weighted by atomic mass is 32.2. The Kier molecular flexibility index (Phi) is 3.32. The number of nitrogen functional groups attached to an aromatic ring is 1. The van der Waals surface area contributed by atoms with Crippen LogP contribution in [0, 0.1) is 6.92 Å². The topological polar surface area (TPSA) is 99.1 Å². The number of aryl methyl sites for hydroxylation is 1. The van der Waals surface area contributed by atoms with Gasteiger partial charge in [-0.1, -0.05) is 11.2 Å². The standard InChI is InChI=1S/C12H15N3O3S/c1-7-4-5-9(6-10(7)13)12-14-11(15-18-12)8(2)19(3,16)17/h4-6,8H,13H2,1-3H3. The summed E-state index contributed by atoms with van der Waals surface area (Å²) in [6, 6.07) is 5.36. The van der Waals surface area contributed by atoms with E-state index in [2.05, 4.69) is 10.1 Å². The second-order valence-electron chi connectivity index (χ2n) is 4.50. The van der Waals surface area contributed by atoms with E-state index in [1.165, 1.54) is 6.92 Å². The highest BCUT2D eigenvalue weighted by molar-refractivity contribution is 7.90. The van der Waals surface area contributed by atoms with Crippen molar-refractivity contribution in [1.29, 1.82) is 0 Å². The Morgan fingerprint density at radius 3 is 2.63 bits per heavy atom. The van der Waals surface area contributed by atoms with Crippen LogP contribution >= 0.6 is 0 Å². The van der Waals surface area contributed by atoms with Gasteiger partial charge in [-0.3, -0.25) is 0 Å². The second-order valence-corrected chi connectivity index (χ2v) is 6.87. The van der Waals surface area contributed by atoms with Crippen LogP contribution < -0.4 is 5.73 Å². The molecular weight excluding hydrogens is 266 g/mol. The third kappa shape index (κ3) is 2.76. The van der Waals surface area contributed by atoms with Gasteiger partial charge in [-0.15, -0.1) is 0 Å². The first-order chi connectivity index (χ1) is 8.79. The van der Waals surface area contributed by atoms with E-state index in [1.54, 1.807) is 12.1 Å². The third-order valence-electron chi connectivity index (χ3n) is 2.97. The summed E-state index contributed by atoms with van der Waals surface area (Å²) >= 11 is 0. The van der Waals surface area contributed by atoms with Gasteiger partial charge in [-0.25, -0.2) is 8.42 Å². The molecule has 6 nitrogen and oxygen atoms in total. The van der Waals surface area contributed by atoms with Gasteiger partial charge in [0.2, 0.25) is 0 Å². The fraction of sp³-hybridized carbons (Fsp3) is 0.333. The molecule has 1 aromatic heterocycles. The molecular formula is C12H15N3O3S. The van der Waals surface area contributed by atoms with Gasteiger partial charge in [-0.05, 0) is 31.5 Å². The molecule has 1 aromatic carbocycles. The Bertz CT molecular complexity index is 707. The largest absolute Gasteiger partial charge is 0.398 e. The Hall–Kier alpha value is -1.89. The molecule has 0 saturated carbocycles. The number of anilines is 1. The lowest BCUT2D eigenvalue weighted by Gasteiger charge is -2.02. The molecule has 0 saturated heterocycles. The maximum absolute atomic E-state index is 11.4. The van der Waals surface area contributed by atoms with E-state index in [1.807, 2.05) is 13.0 Å². The minimum Gasteiger partial charge on any atom is -0.398 e. The molecule has 19 heavy (non-hydrogen) atoms. The Morgan fingerprint density at radius 1 is 1.37 bits per heavy atom. The van der Waals surface area contributed by atoms with Gasteiger partial charge in [0.1, 0.15) is 5.25 Å². The van der Waals surface area contributed by atoms with Crippen molar-refractivity contribution >= 4 is 15.5 Å². The van der Waals surface area contributed by atoms with Crippen molar-refractivity contribution in [2.75, 3.05) is 12.0 Å². The molecule has 1 unspecified atom stereocenters. The molecule has 0 aliphatic carbocycles. The maximum atomic E-state index is 11.4. The van der Waals surface area contributed by atoms with E-state index < -0.39 is 15.1 Å². The van der Waals surface area contributed by atoms with E-state index >= 15 is 0 Å². The quantitative estimate of drug-likeness (QED) is 0.860. The number of benzene rings is 1. The van der Waals surface area contributed by atoms with Crippen LogP contribution in [0.2, 0.25) is 0 Å². The fourth-order valence-electron chi connectivity index (χ4n) is 1.48. The van der Waals surface area contributed by atoms with Gasteiger partial charge in [0, 0.05) is 17.5 Å². The minimum atomic E-state index is -3.25. The highest BCUT2D eigenvalue weighted by Gasteiger charge is 2.23. The highest BCUT2D eigenvalue weighted by Crippen LogP contribution is 2.25. The zero-order valence-corrected chi connectivity index (χ0v) is 11.7. The summed E-state index contributed by atoms with van der Waals surface area (Å²) in [4.78, 5) is 4.11. The number of hydrogen-bond acceptors (Lipinski definition) is 6. The molecule has 1 heterocycles. The number of nitrogens with two attached hydrogens (primary N) is 1. The molecule has 0 spiro atoms. The Morgan fingerprint density at radius 2 is 2.05 bits per heavy atom. The summed E-state index contributed by atoms with van der Waals surface area (Å²) in [5, 5.41) is 2.91. The Balaban J connectivity index is 2.38. The molecule has 0 aliphatic rings. The van der Waals surface area contributed by atoms with Crippen LogP contribution in [0.25, 0.3) is 11.5 Å². The van der Waals surface area contributed by atoms with E-state index in [0.717, 1.165) is 11.8 Å². The van der Waals surface area contributed by atoms with Gasteiger partial charge in [0.05, 0.1) is 0 Å². The molecule has 0 fully saturated rings. The first-order valence-corrected chi connectivity index (χ1v) is 7.63. The van der Waals surface area contributed by atoms with Crippen molar-refractivity contribution in [1.82, 2.24) is 10.1 Å². The zero-order valence-electron chi connectivity index (χ0n) is 10.9. The molecule has 1 atom stereocenters. The molecule has 0 radical (unpaired) electrons. The van der Waals surface area contributed by atoms with Crippen molar-refractivity contribution in [3.8, 4) is 11.5 Å². The molecule has 2 rings (SSSR count). The van der Waals surface area contributed by atoms with Crippen molar-refractivity contribution in [3.05, 3.63) is 29.6 Å². The summed E-state index contributed by atoms with van der Waals surface area (Å²) in [7, 11) is -3.25.